The van der Waals surface area contributed by atoms with Crippen LogP contribution in [-0.2, 0) is 4.79 Å². The van der Waals surface area contributed by atoms with Crippen molar-refractivity contribution in [2.75, 3.05) is 13.1 Å². The second-order valence-electron chi connectivity index (χ2n) is 7.63. The van der Waals surface area contributed by atoms with E-state index in [1.54, 1.807) is 10.7 Å². The van der Waals surface area contributed by atoms with Crippen LogP contribution in [0.5, 0.6) is 0 Å². The molecule has 138 valence electrons. The molecule has 0 unspecified atom stereocenters. The van der Waals surface area contributed by atoms with Crippen LogP contribution in [0.1, 0.15) is 56.4 Å². The highest BCUT2D eigenvalue weighted by molar-refractivity contribution is 5.79. The van der Waals surface area contributed by atoms with Crippen LogP contribution < -0.4 is 0 Å². The van der Waals surface area contributed by atoms with Crippen molar-refractivity contribution in [2.24, 2.45) is 5.92 Å². The van der Waals surface area contributed by atoms with Crippen LogP contribution in [0.3, 0.4) is 0 Å². The highest BCUT2D eigenvalue weighted by atomic mass is 19.1. The van der Waals surface area contributed by atoms with E-state index in [0.29, 0.717) is 11.8 Å². The Morgan fingerprint density at radius 2 is 1.85 bits per heavy atom. The fraction of sp³-hybridized carbons (Fsp3) is 0.524. The Morgan fingerprint density at radius 3 is 2.58 bits per heavy atom. The molecule has 1 saturated carbocycles. The molecule has 26 heavy (non-hydrogen) atoms. The third-order valence-corrected chi connectivity index (χ3v) is 5.91. The van der Waals surface area contributed by atoms with Crippen molar-refractivity contribution in [1.82, 2.24) is 14.7 Å². The van der Waals surface area contributed by atoms with Crippen LogP contribution in [0.2, 0.25) is 0 Å². The number of nitrogens with zero attached hydrogens (tertiary/aromatic N) is 3. The molecule has 5 heteroatoms. The van der Waals surface area contributed by atoms with Crippen LogP contribution >= 0.6 is 0 Å². The average molecular weight is 355 g/mol. The van der Waals surface area contributed by atoms with Gasteiger partial charge in [0.05, 0.1) is 11.9 Å². The topological polar surface area (TPSA) is 38.1 Å². The molecule has 2 heterocycles. The van der Waals surface area contributed by atoms with Gasteiger partial charge in [0, 0.05) is 25.2 Å². The molecule has 1 amide bonds. The summed E-state index contributed by atoms with van der Waals surface area (Å²) in [6.45, 7) is 1.68. The molecular weight excluding hydrogens is 329 g/mol. The van der Waals surface area contributed by atoms with Gasteiger partial charge in [-0.25, -0.2) is 9.07 Å². The number of hydrogen-bond acceptors (Lipinski definition) is 2. The quantitative estimate of drug-likeness (QED) is 0.823. The van der Waals surface area contributed by atoms with Gasteiger partial charge in [-0.3, -0.25) is 4.79 Å². The first-order valence-corrected chi connectivity index (χ1v) is 9.80. The summed E-state index contributed by atoms with van der Waals surface area (Å²) in [6, 6.07) is 6.47. The van der Waals surface area contributed by atoms with Gasteiger partial charge in [-0.05, 0) is 55.4 Å². The van der Waals surface area contributed by atoms with Crippen LogP contribution in [0.25, 0.3) is 5.69 Å². The molecule has 1 saturated heterocycles. The maximum Gasteiger partial charge on any atom is 0.225 e. The zero-order valence-corrected chi connectivity index (χ0v) is 15.1. The maximum atomic E-state index is 13.4. The minimum atomic E-state index is -0.255. The molecule has 2 aliphatic rings. The van der Waals surface area contributed by atoms with Crippen molar-refractivity contribution in [2.45, 2.75) is 50.9 Å². The van der Waals surface area contributed by atoms with E-state index >= 15 is 0 Å². The van der Waals surface area contributed by atoms with E-state index in [-0.39, 0.29) is 11.7 Å². The number of piperidine rings is 1. The number of halogens is 1. The van der Waals surface area contributed by atoms with Crippen molar-refractivity contribution in [3.63, 3.8) is 0 Å². The summed E-state index contributed by atoms with van der Waals surface area (Å²) in [5.41, 5.74) is 1.92. The van der Waals surface area contributed by atoms with Gasteiger partial charge in [0.15, 0.2) is 0 Å². The van der Waals surface area contributed by atoms with Crippen LogP contribution in [-0.4, -0.2) is 33.7 Å². The van der Waals surface area contributed by atoms with Gasteiger partial charge in [-0.1, -0.05) is 25.3 Å². The first kappa shape index (κ1) is 17.3. The molecule has 0 N–H and O–H groups in total. The predicted molar refractivity (Wildman–Crippen MR) is 98.7 cm³/mol. The molecule has 1 aliphatic heterocycles. The molecule has 1 aromatic heterocycles. The average Bonchev–Trinajstić information content (AvgIpc) is 3.18. The lowest BCUT2D eigenvalue weighted by atomic mass is 9.86. The van der Waals surface area contributed by atoms with Crippen molar-refractivity contribution >= 4 is 5.91 Å². The number of carbonyl (C=O) groups excluding carboxylic acids is 1. The monoisotopic (exact) mass is 355 g/mol. The first-order chi connectivity index (χ1) is 12.7. The van der Waals surface area contributed by atoms with E-state index in [1.165, 1.54) is 37.0 Å². The lowest BCUT2D eigenvalue weighted by Gasteiger charge is -2.35. The summed E-state index contributed by atoms with van der Waals surface area (Å²) >= 11 is 0. The van der Waals surface area contributed by atoms with E-state index in [1.807, 2.05) is 18.5 Å². The lowest BCUT2D eigenvalue weighted by Crippen LogP contribution is -2.41. The Labute approximate surface area is 154 Å². The van der Waals surface area contributed by atoms with Gasteiger partial charge in [-0.15, -0.1) is 0 Å². The Balaban J connectivity index is 1.37. The van der Waals surface area contributed by atoms with E-state index in [0.717, 1.165) is 44.5 Å². The summed E-state index contributed by atoms with van der Waals surface area (Å²) in [7, 11) is 0. The molecule has 0 bridgehead atoms. The van der Waals surface area contributed by atoms with Gasteiger partial charge in [0.1, 0.15) is 5.82 Å². The molecule has 2 fully saturated rings. The second-order valence-corrected chi connectivity index (χ2v) is 7.63. The molecule has 0 spiro atoms. The molecular formula is C21H26FN3O. The van der Waals surface area contributed by atoms with Crippen molar-refractivity contribution in [3.05, 3.63) is 48.0 Å². The number of likely N-dealkylation sites (tertiary alicyclic amines) is 1. The SMILES string of the molecule is O=C(C1CCCCC1)N1CCC(c2cnn(-c3cccc(F)c3)c2)CC1. The fourth-order valence-corrected chi connectivity index (χ4v) is 4.35. The molecule has 0 radical (unpaired) electrons. The van der Waals surface area contributed by atoms with Crippen LogP contribution in [0, 0.1) is 11.7 Å². The summed E-state index contributed by atoms with van der Waals surface area (Å²) in [6.07, 6.45) is 11.7. The maximum absolute atomic E-state index is 13.4. The lowest BCUT2D eigenvalue weighted by molar-refractivity contribution is -0.137. The zero-order chi connectivity index (χ0) is 17.9. The van der Waals surface area contributed by atoms with E-state index in [4.69, 9.17) is 0 Å². The fourth-order valence-electron chi connectivity index (χ4n) is 4.35. The Hall–Kier alpha value is -2.17. The van der Waals surface area contributed by atoms with Gasteiger partial charge in [-0.2, -0.15) is 5.10 Å². The van der Waals surface area contributed by atoms with Gasteiger partial charge >= 0.3 is 0 Å². The number of rotatable bonds is 3. The normalized spacial score (nSPS) is 19.7. The summed E-state index contributed by atoms with van der Waals surface area (Å²) in [5.74, 6) is 0.802. The summed E-state index contributed by atoms with van der Waals surface area (Å²) in [4.78, 5) is 14.8. The highest BCUT2D eigenvalue weighted by Gasteiger charge is 2.29. The molecule has 4 rings (SSSR count). The van der Waals surface area contributed by atoms with E-state index in [2.05, 4.69) is 10.00 Å². The Bertz CT molecular complexity index is 758. The van der Waals surface area contributed by atoms with Gasteiger partial charge < -0.3 is 4.90 Å². The molecule has 2 aromatic rings. The van der Waals surface area contributed by atoms with E-state index < -0.39 is 0 Å². The largest absolute Gasteiger partial charge is 0.342 e. The highest BCUT2D eigenvalue weighted by Crippen LogP contribution is 2.31. The predicted octanol–water partition coefficient (Wildman–Crippen LogP) is 4.30. The third kappa shape index (κ3) is 3.67. The van der Waals surface area contributed by atoms with Crippen molar-refractivity contribution in [1.29, 1.82) is 0 Å². The van der Waals surface area contributed by atoms with Crippen molar-refractivity contribution < 1.29 is 9.18 Å². The van der Waals surface area contributed by atoms with Crippen molar-refractivity contribution in [3.8, 4) is 5.69 Å². The number of hydrogen-bond donors (Lipinski definition) is 0. The van der Waals surface area contributed by atoms with Crippen LogP contribution in [0.4, 0.5) is 4.39 Å². The molecule has 0 atom stereocenters. The van der Waals surface area contributed by atoms with Gasteiger partial charge in [0.2, 0.25) is 5.91 Å². The third-order valence-electron chi connectivity index (χ3n) is 5.91. The first-order valence-electron chi connectivity index (χ1n) is 9.80. The number of amides is 1. The number of carbonyl (C=O) groups is 1. The number of aromatic nitrogens is 2. The van der Waals surface area contributed by atoms with Crippen LogP contribution in [0.15, 0.2) is 36.7 Å². The number of benzene rings is 1. The van der Waals surface area contributed by atoms with Gasteiger partial charge in [0.25, 0.3) is 0 Å². The second kappa shape index (κ2) is 7.60. The Morgan fingerprint density at radius 1 is 1.08 bits per heavy atom. The minimum Gasteiger partial charge on any atom is -0.342 e. The molecule has 1 aliphatic carbocycles. The summed E-state index contributed by atoms with van der Waals surface area (Å²) < 4.78 is 15.1. The Kier molecular flexibility index (Phi) is 5.05. The summed E-state index contributed by atoms with van der Waals surface area (Å²) in [5, 5.41) is 4.40. The molecule has 4 nitrogen and oxygen atoms in total. The van der Waals surface area contributed by atoms with E-state index in [9.17, 15) is 9.18 Å². The smallest absolute Gasteiger partial charge is 0.225 e. The standard InChI is InChI=1S/C21H26FN3O/c22-19-7-4-8-20(13-19)25-15-18(14-23-25)16-9-11-24(12-10-16)21(26)17-5-2-1-3-6-17/h4,7-8,13-17H,1-3,5-6,9-12H2. The molecule has 1 aromatic carbocycles. The minimum absolute atomic E-state index is 0.255. The zero-order valence-electron chi connectivity index (χ0n) is 15.1.